The Kier molecular flexibility index (Phi) is 3.24. The molecular formula is C8H15N3. The molecule has 0 aliphatic heterocycles. The van der Waals surface area contributed by atoms with Gasteiger partial charge in [0.2, 0.25) is 0 Å². The molecule has 0 radical (unpaired) electrons. The van der Waals surface area contributed by atoms with Crippen molar-refractivity contribution in [3.63, 3.8) is 0 Å². The van der Waals surface area contributed by atoms with Crippen molar-refractivity contribution in [2.24, 2.45) is 11.0 Å². The Balaban J connectivity index is 2.38. The highest BCUT2D eigenvalue weighted by atomic mass is 15.1. The van der Waals surface area contributed by atoms with Crippen molar-refractivity contribution in [3.8, 4) is 0 Å². The molecule has 0 aromatic rings. The highest BCUT2D eigenvalue weighted by Crippen LogP contribution is 2.28. The first kappa shape index (κ1) is 8.41. The Hall–Kier alpha value is -0.690. The van der Waals surface area contributed by atoms with E-state index in [4.69, 9.17) is 5.53 Å². The topological polar surface area (TPSA) is 48.8 Å². The molecule has 0 N–H and O–H groups in total. The molecule has 0 spiro atoms. The van der Waals surface area contributed by atoms with Gasteiger partial charge in [0.25, 0.3) is 0 Å². The van der Waals surface area contributed by atoms with Crippen LogP contribution in [0.3, 0.4) is 0 Å². The van der Waals surface area contributed by atoms with E-state index in [1.54, 1.807) is 0 Å². The van der Waals surface area contributed by atoms with Crippen LogP contribution in [0.15, 0.2) is 5.11 Å². The van der Waals surface area contributed by atoms with Crippen LogP contribution in [0.4, 0.5) is 0 Å². The van der Waals surface area contributed by atoms with Gasteiger partial charge in [-0.25, -0.2) is 0 Å². The van der Waals surface area contributed by atoms with Gasteiger partial charge < -0.3 is 0 Å². The molecule has 0 aromatic heterocycles. The van der Waals surface area contributed by atoms with Crippen molar-refractivity contribution >= 4 is 0 Å². The van der Waals surface area contributed by atoms with Crippen LogP contribution >= 0.6 is 0 Å². The molecule has 1 aliphatic carbocycles. The molecule has 3 heteroatoms. The van der Waals surface area contributed by atoms with E-state index >= 15 is 0 Å². The summed E-state index contributed by atoms with van der Waals surface area (Å²) in [4.78, 5) is 2.85. The summed E-state index contributed by atoms with van der Waals surface area (Å²) in [5.41, 5.74) is 8.24. The van der Waals surface area contributed by atoms with Crippen LogP contribution < -0.4 is 0 Å². The summed E-state index contributed by atoms with van der Waals surface area (Å²) in [6.45, 7) is 2.21. The first-order valence-electron chi connectivity index (χ1n) is 4.41. The highest BCUT2D eigenvalue weighted by Gasteiger charge is 2.18. The van der Waals surface area contributed by atoms with Crippen LogP contribution in [0.2, 0.25) is 0 Å². The molecule has 3 nitrogen and oxygen atoms in total. The van der Waals surface area contributed by atoms with E-state index < -0.39 is 0 Å². The normalized spacial score (nSPS) is 31.0. The van der Waals surface area contributed by atoms with Gasteiger partial charge >= 0.3 is 0 Å². The zero-order valence-electron chi connectivity index (χ0n) is 7.03. The largest absolute Gasteiger partial charge is 0.0906 e. The summed E-state index contributed by atoms with van der Waals surface area (Å²) >= 11 is 0. The van der Waals surface area contributed by atoms with Crippen LogP contribution in [0, 0.1) is 5.92 Å². The minimum Gasteiger partial charge on any atom is -0.0906 e. The summed E-state index contributed by atoms with van der Waals surface area (Å²) < 4.78 is 0. The molecule has 0 amide bonds. The highest BCUT2D eigenvalue weighted by molar-refractivity contribution is 4.77. The molecule has 0 saturated heterocycles. The molecule has 0 heterocycles. The summed E-state index contributed by atoms with van der Waals surface area (Å²) in [5, 5.41) is 3.76. The second-order valence-corrected chi connectivity index (χ2v) is 3.30. The maximum Gasteiger partial charge on any atom is 0.0376 e. The van der Waals surface area contributed by atoms with Crippen LogP contribution in [-0.4, -0.2) is 6.04 Å². The van der Waals surface area contributed by atoms with Gasteiger partial charge in [0.05, 0.1) is 0 Å². The van der Waals surface area contributed by atoms with Gasteiger partial charge in [-0.3, -0.25) is 0 Å². The Labute approximate surface area is 67.4 Å². The van der Waals surface area contributed by atoms with Crippen LogP contribution in [0.5, 0.6) is 0 Å². The Bertz CT molecular complexity index is 161. The third-order valence-corrected chi connectivity index (χ3v) is 2.55. The zero-order chi connectivity index (χ0) is 8.10. The van der Waals surface area contributed by atoms with E-state index in [9.17, 15) is 0 Å². The first-order valence-corrected chi connectivity index (χ1v) is 4.41. The maximum atomic E-state index is 8.24. The molecule has 0 aromatic carbocycles. The molecule has 1 saturated carbocycles. The van der Waals surface area contributed by atoms with Crippen LogP contribution in [-0.2, 0) is 0 Å². The fourth-order valence-electron chi connectivity index (χ4n) is 1.81. The van der Waals surface area contributed by atoms with Crippen LogP contribution in [0.25, 0.3) is 10.4 Å². The predicted molar refractivity (Wildman–Crippen MR) is 45.2 cm³/mol. The molecule has 1 aliphatic rings. The third kappa shape index (κ3) is 2.43. The Morgan fingerprint density at radius 3 is 3.00 bits per heavy atom. The lowest BCUT2D eigenvalue weighted by atomic mass is 9.85. The molecule has 0 bridgehead atoms. The fraction of sp³-hybridized carbons (Fsp3) is 1.00. The third-order valence-electron chi connectivity index (χ3n) is 2.55. The number of hydrogen-bond donors (Lipinski definition) is 0. The fourth-order valence-corrected chi connectivity index (χ4v) is 1.81. The van der Waals surface area contributed by atoms with Crippen molar-refractivity contribution in [3.05, 3.63) is 10.4 Å². The minimum absolute atomic E-state index is 0.290. The number of nitrogens with zero attached hydrogens (tertiary/aromatic N) is 3. The van der Waals surface area contributed by atoms with Gasteiger partial charge in [0.1, 0.15) is 0 Å². The van der Waals surface area contributed by atoms with E-state index in [1.807, 2.05) is 0 Å². The lowest BCUT2D eigenvalue weighted by Crippen LogP contribution is -2.16. The number of azide groups is 1. The lowest BCUT2D eigenvalue weighted by molar-refractivity contribution is 0.315. The van der Waals surface area contributed by atoms with Crippen molar-refractivity contribution in [1.29, 1.82) is 0 Å². The van der Waals surface area contributed by atoms with Crippen molar-refractivity contribution in [1.82, 2.24) is 0 Å². The summed E-state index contributed by atoms with van der Waals surface area (Å²) in [5.74, 6) is 0.805. The number of hydrogen-bond acceptors (Lipinski definition) is 1. The van der Waals surface area contributed by atoms with Gasteiger partial charge in [0, 0.05) is 11.0 Å². The lowest BCUT2D eigenvalue weighted by Gasteiger charge is -2.24. The van der Waals surface area contributed by atoms with Crippen LogP contribution in [0.1, 0.15) is 39.0 Å². The average Bonchev–Trinajstić information content (AvgIpc) is 2.06. The first-order chi connectivity index (χ1) is 5.36. The van der Waals surface area contributed by atoms with Crippen molar-refractivity contribution in [2.45, 2.75) is 45.1 Å². The van der Waals surface area contributed by atoms with Crippen molar-refractivity contribution in [2.75, 3.05) is 0 Å². The Morgan fingerprint density at radius 2 is 2.36 bits per heavy atom. The summed E-state index contributed by atoms with van der Waals surface area (Å²) in [6.07, 6.45) is 6.01. The van der Waals surface area contributed by atoms with E-state index in [1.165, 1.54) is 19.3 Å². The average molecular weight is 153 g/mol. The van der Waals surface area contributed by atoms with E-state index in [0.717, 1.165) is 18.8 Å². The zero-order valence-corrected chi connectivity index (χ0v) is 7.03. The molecule has 11 heavy (non-hydrogen) atoms. The molecule has 1 fully saturated rings. The summed E-state index contributed by atoms with van der Waals surface area (Å²) in [6, 6.07) is 0.290. The molecular weight excluding hydrogens is 138 g/mol. The smallest absolute Gasteiger partial charge is 0.0376 e. The van der Waals surface area contributed by atoms with Gasteiger partial charge in [-0.2, -0.15) is 0 Å². The van der Waals surface area contributed by atoms with Gasteiger partial charge in [0.15, 0.2) is 0 Å². The van der Waals surface area contributed by atoms with Gasteiger partial charge in [-0.05, 0) is 24.3 Å². The molecule has 2 atom stereocenters. The minimum atomic E-state index is 0.290. The van der Waals surface area contributed by atoms with E-state index in [0.29, 0.717) is 6.04 Å². The SMILES string of the molecule is CCC1CCCC(N=[N+]=[N-])C1. The number of rotatable bonds is 2. The van der Waals surface area contributed by atoms with E-state index in [-0.39, 0.29) is 0 Å². The maximum absolute atomic E-state index is 8.24. The standard InChI is InChI=1S/C8H15N3/c1-2-7-4-3-5-8(6-7)10-11-9/h7-8H,2-6H2,1H3. The van der Waals surface area contributed by atoms with E-state index in [2.05, 4.69) is 16.9 Å². The molecule has 1 rings (SSSR count). The predicted octanol–water partition coefficient (Wildman–Crippen LogP) is 3.27. The van der Waals surface area contributed by atoms with Gasteiger partial charge in [-0.15, -0.1) is 0 Å². The molecule has 62 valence electrons. The molecule has 2 unspecified atom stereocenters. The second kappa shape index (κ2) is 4.24. The quantitative estimate of drug-likeness (QED) is 0.332. The second-order valence-electron chi connectivity index (χ2n) is 3.30. The Morgan fingerprint density at radius 1 is 1.55 bits per heavy atom. The monoisotopic (exact) mass is 153 g/mol. The van der Waals surface area contributed by atoms with Crippen molar-refractivity contribution < 1.29 is 0 Å². The summed E-state index contributed by atoms with van der Waals surface area (Å²) in [7, 11) is 0. The van der Waals surface area contributed by atoms with Gasteiger partial charge in [-0.1, -0.05) is 31.3 Å².